The molecule has 1 unspecified atom stereocenters. The van der Waals surface area contributed by atoms with Gasteiger partial charge >= 0.3 is 0 Å². The van der Waals surface area contributed by atoms with Crippen molar-refractivity contribution in [3.8, 4) is 0 Å². The van der Waals surface area contributed by atoms with Gasteiger partial charge < -0.3 is 0 Å². The predicted octanol–water partition coefficient (Wildman–Crippen LogP) is 2.11. The molecule has 17 heavy (non-hydrogen) atoms. The second kappa shape index (κ2) is 4.33. The molecule has 0 saturated carbocycles. The van der Waals surface area contributed by atoms with Crippen LogP contribution in [-0.4, -0.2) is 21.2 Å². The van der Waals surface area contributed by atoms with Gasteiger partial charge in [0.15, 0.2) is 0 Å². The fourth-order valence-corrected chi connectivity index (χ4v) is 3.00. The van der Waals surface area contributed by atoms with Crippen LogP contribution in [0, 0.1) is 0 Å². The third-order valence-electron chi connectivity index (χ3n) is 2.96. The molecule has 1 aliphatic carbocycles. The highest BCUT2D eigenvalue weighted by Gasteiger charge is 2.39. The molecule has 0 amide bonds. The lowest BCUT2D eigenvalue weighted by atomic mass is 9.98. The van der Waals surface area contributed by atoms with Crippen molar-refractivity contribution in [3.63, 3.8) is 0 Å². The minimum atomic E-state index is -3.36. The Labute approximate surface area is 109 Å². The van der Waals surface area contributed by atoms with Crippen LogP contribution in [0.5, 0.6) is 0 Å². The fraction of sp³-hybridized carbons (Fsp3) is 0.455. The zero-order valence-electron chi connectivity index (χ0n) is 9.33. The average molecular weight is 322 g/mol. The van der Waals surface area contributed by atoms with Crippen LogP contribution in [0.4, 0.5) is 4.39 Å². The van der Waals surface area contributed by atoms with E-state index in [0.29, 0.717) is 18.4 Å². The van der Waals surface area contributed by atoms with Crippen molar-refractivity contribution >= 4 is 26.0 Å². The maximum absolute atomic E-state index is 14.6. The Balaban J connectivity index is 2.25. The van der Waals surface area contributed by atoms with Gasteiger partial charge in [0.1, 0.15) is 5.67 Å². The Hall–Kier alpha value is -0.460. The highest BCUT2D eigenvalue weighted by atomic mass is 79.9. The van der Waals surface area contributed by atoms with Crippen molar-refractivity contribution in [1.82, 2.24) is 4.72 Å². The zero-order valence-corrected chi connectivity index (χ0v) is 11.7. The summed E-state index contributed by atoms with van der Waals surface area (Å²) >= 11 is 3.34. The van der Waals surface area contributed by atoms with Gasteiger partial charge in [-0.15, -0.1) is 0 Å². The first kappa shape index (κ1) is 13.0. The second-order valence-electron chi connectivity index (χ2n) is 4.36. The van der Waals surface area contributed by atoms with Crippen molar-refractivity contribution < 1.29 is 12.8 Å². The van der Waals surface area contributed by atoms with E-state index in [0.717, 1.165) is 16.3 Å². The number of hydrogen-bond donors (Lipinski definition) is 1. The fourth-order valence-electron chi connectivity index (χ4n) is 2.10. The molecule has 6 heteroatoms. The number of fused-ring (bicyclic) bond motifs is 1. The van der Waals surface area contributed by atoms with Gasteiger partial charge in [0, 0.05) is 11.0 Å². The van der Waals surface area contributed by atoms with Crippen LogP contribution in [0.25, 0.3) is 0 Å². The summed E-state index contributed by atoms with van der Waals surface area (Å²) in [5.41, 5.74) is -0.0481. The molecule has 0 aliphatic heterocycles. The Morgan fingerprint density at radius 3 is 2.88 bits per heavy atom. The number of nitrogens with one attached hydrogen (secondary N) is 1. The van der Waals surface area contributed by atoms with Gasteiger partial charge in [-0.05, 0) is 36.1 Å². The average Bonchev–Trinajstić information content (AvgIpc) is 2.53. The predicted molar refractivity (Wildman–Crippen MR) is 68.1 cm³/mol. The Bertz CT molecular complexity index is 546. The third-order valence-corrected chi connectivity index (χ3v) is 4.12. The molecule has 94 valence electrons. The van der Waals surface area contributed by atoms with Crippen LogP contribution in [0.1, 0.15) is 17.5 Å². The third kappa shape index (κ3) is 2.86. The van der Waals surface area contributed by atoms with Gasteiger partial charge in [-0.1, -0.05) is 22.0 Å². The van der Waals surface area contributed by atoms with Gasteiger partial charge in [-0.25, -0.2) is 17.5 Å². The van der Waals surface area contributed by atoms with Crippen LogP contribution >= 0.6 is 15.9 Å². The molecular weight excluding hydrogens is 309 g/mol. The highest BCUT2D eigenvalue weighted by Crippen LogP contribution is 2.40. The van der Waals surface area contributed by atoms with E-state index in [-0.39, 0.29) is 6.54 Å². The highest BCUT2D eigenvalue weighted by molar-refractivity contribution is 9.10. The van der Waals surface area contributed by atoms with E-state index in [4.69, 9.17) is 0 Å². The van der Waals surface area contributed by atoms with E-state index < -0.39 is 15.7 Å². The minimum Gasteiger partial charge on any atom is -0.237 e. The largest absolute Gasteiger partial charge is 0.237 e. The topological polar surface area (TPSA) is 46.2 Å². The van der Waals surface area contributed by atoms with Crippen LogP contribution in [0.15, 0.2) is 22.7 Å². The van der Waals surface area contributed by atoms with Crippen molar-refractivity contribution in [1.29, 1.82) is 0 Å². The molecule has 0 aromatic heterocycles. The van der Waals surface area contributed by atoms with Crippen molar-refractivity contribution in [2.75, 3.05) is 12.8 Å². The lowest BCUT2D eigenvalue weighted by molar-refractivity contribution is 0.171. The molecule has 1 aromatic rings. The van der Waals surface area contributed by atoms with Gasteiger partial charge in [-0.2, -0.15) is 0 Å². The first-order valence-electron chi connectivity index (χ1n) is 5.23. The van der Waals surface area contributed by atoms with E-state index in [1.807, 2.05) is 6.07 Å². The Kier molecular flexibility index (Phi) is 3.31. The van der Waals surface area contributed by atoms with Crippen molar-refractivity contribution in [2.45, 2.75) is 18.5 Å². The maximum atomic E-state index is 14.6. The second-order valence-corrected chi connectivity index (χ2v) is 7.11. The van der Waals surface area contributed by atoms with E-state index in [1.54, 1.807) is 12.1 Å². The SMILES string of the molecule is CS(=O)(=O)NCC1(F)CCc2cc(Br)ccc21. The first-order chi connectivity index (χ1) is 7.80. The summed E-state index contributed by atoms with van der Waals surface area (Å²) in [4.78, 5) is 0. The molecule has 0 fully saturated rings. The first-order valence-corrected chi connectivity index (χ1v) is 7.91. The molecule has 3 nitrogen and oxygen atoms in total. The summed E-state index contributed by atoms with van der Waals surface area (Å²) in [6, 6.07) is 5.38. The smallest absolute Gasteiger partial charge is 0.208 e. The molecule has 1 atom stereocenters. The normalized spacial score (nSPS) is 23.7. The molecule has 0 spiro atoms. The Morgan fingerprint density at radius 2 is 2.24 bits per heavy atom. The minimum absolute atomic E-state index is 0.194. The molecule has 0 bridgehead atoms. The number of aryl methyl sites for hydroxylation is 1. The lowest BCUT2D eigenvalue weighted by Gasteiger charge is -2.20. The van der Waals surface area contributed by atoms with Crippen LogP contribution in [-0.2, 0) is 22.1 Å². The maximum Gasteiger partial charge on any atom is 0.208 e. The van der Waals surface area contributed by atoms with Gasteiger partial charge in [0.25, 0.3) is 0 Å². The van der Waals surface area contributed by atoms with E-state index in [2.05, 4.69) is 20.7 Å². The number of halogens is 2. The van der Waals surface area contributed by atoms with Crippen LogP contribution < -0.4 is 4.72 Å². The van der Waals surface area contributed by atoms with Crippen molar-refractivity contribution in [3.05, 3.63) is 33.8 Å². The van der Waals surface area contributed by atoms with Crippen LogP contribution in [0.2, 0.25) is 0 Å². The zero-order chi connectivity index (χ0) is 12.7. The molecule has 2 rings (SSSR count). The quantitative estimate of drug-likeness (QED) is 0.926. The molecule has 1 aliphatic rings. The summed E-state index contributed by atoms with van der Waals surface area (Å²) in [6.45, 7) is -0.194. The van der Waals surface area contributed by atoms with Gasteiger partial charge in [0.2, 0.25) is 10.0 Å². The van der Waals surface area contributed by atoms with Gasteiger partial charge in [0.05, 0.1) is 6.26 Å². The number of benzene rings is 1. The summed E-state index contributed by atoms with van der Waals surface area (Å²) in [5, 5.41) is 0. The summed E-state index contributed by atoms with van der Waals surface area (Å²) < 4.78 is 39.8. The summed E-state index contributed by atoms with van der Waals surface area (Å²) in [6.07, 6.45) is 1.99. The summed E-state index contributed by atoms with van der Waals surface area (Å²) in [5.74, 6) is 0. The van der Waals surface area contributed by atoms with E-state index >= 15 is 0 Å². The number of hydrogen-bond acceptors (Lipinski definition) is 2. The van der Waals surface area contributed by atoms with Crippen LogP contribution in [0.3, 0.4) is 0 Å². The standard InChI is InChI=1S/C11H13BrFNO2S/c1-17(15,16)14-7-11(13)5-4-8-6-9(12)2-3-10(8)11/h2-3,6,14H,4-5,7H2,1H3. The Morgan fingerprint density at radius 1 is 1.53 bits per heavy atom. The number of sulfonamides is 1. The molecular formula is C11H13BrFNO2S. The monoisotopic (exact) mass is 321 g/mol. The lowest BCUT2D eigenvalue weighted by Crippen LogP contribution is -2.35. The van der Waals surface area contributed by atoms with Crippen molar-refractivity contribution in [2.24, 2.45) is 0 Å². The molecule has 0 radical (unpaired) electrons. The van der Waals surface area contributed by atoms with Gasteiger partial charge in [-0.3, -0.25) is 0 Å². The molecule has 1 aromatic carbocycles. The summed E-state index contributed by atoms with van der Waals surface area (Å²) in [7, 11) is -3.36. The number of rotatable bonds is 3. The molecule has 0 saturated heterocycles. The van der Waals surface area contributed by atoms with E-state index in [9.17, 15) is 12.8 Å². The van der Waals surface area contributed by atoms with E-state index in [1.165, 1.54) is 0 Å². The number of alkyl halides is 1. The molecule has 1 N–H and O–H groups in total. The molecule has 0 heterocycles.